The van der Waals surface area contributed by atoms with Crippen LogP contribution in [0.1, 0.15) is 51.7 Å². The first-order chi connectivity index (χ1) is 9.84. The van der Waals surface area contributed by atoms with E-state index in [-0.39, 0.29) is 17.4 Å². The second kappa shape index (κ2) is 6.18. The number of rotatable bonds is 4. The first-order valence-electron chi connectivity index (χ1n) is 8.00. The van der Waals surface area contributed by atoms with Crippen LogP contribution in [0.3, 0.4) is 0 Å². The first-order valence-corrected chi connectivity index (χ1v) is 8.00. The summed E-state index contributed by atoms with van der Waals surface area (Å²) in [5, 5.41) is 0. The Morgan fingerprint density at radius 1 is 1.33 bits per heavy atom. The third-order valence-electron chi connectivity index (χ3n) is 4.14. The molecule has 3 heteroatoms. The summed E-state index contributed by atoms with van der Waals surface area (Å²) >= 11 is 0. The van der Waals surface area contributed by atoms with Crippen molar-refractivity contribution >= 4 is 11.6 Å². The molecule has 1 aliphatic heterocycles. The third kappa shape index (κ3) is 3.46. The summed E-state index contributed by atoms with van der Waals surface area (Å²) in [6.45, 7) is 8.86. The maximum absolute atomic E-state index is 12.6. The smallest absolute Gasteiger partial charge is 0.232 e. The Balaban J connectivity index is 2.20. The van der Waals surface area contributed by atoms with Gasteiger partial charge in [-0.05, 0) is 56.3 Å². The molecule has 1 aromatic rings. The van der Waals surface area contributed by atoms with E-state index < -0.39 is 0 Å². The van der Waals surface area contributed by atoms with Crippen LogP contribution in [0.5, 0.6) is 0 Å². The van der Waals surface area contributed by atoms with Crippen molar-refractivity contribution < 1.29 is 4.79 Å². The van der Waals surface area contributed by atoms with Crippen molar-refractivity contribution in [2.24, 2.45) is 11.1 Å². The lowest BCUT2D eigenvalue weighted by molar-refractivity contribution is -0.126. The van der Waals surface area contributed by atoms with E-state index in [4.69, 9.17) is 5.73 Å². The minimum atomic E-state index is -0.338. The number of fused-ring (bicyclic) bond motifs is 1. The average Bonchev–Trinajstić information content (AvgIpc) is 2.72. The average molecular weight is 288 g/mol. The summed E-state index contributed by atoms with van der Waals surface area (Å²) in [6, 6.07) is 6.82. The number of hydrogen-bond acceptors (Lipinski definition) is 2. The number of unbranched alkanes of at least 4 members (excludes halogenated alkanes) is 1. The number of carbonyl (C=O) groups is 1. The molecule has 21 heavy (non-hydrogen) atoms. The molecule has 2 N–H and O–H groups in total. The summed E-state index contributed by atoms with van der Waals surface area (Å²) in [5.74, 6) is 0.213. The fourth-order valence-corrected chi connectivity index (χ4v) is 2.98. The zero-order chi connectivity index (χ0) is 15.6. The van der Waals surface area contributed by atoms with E-state index in [2.05, 4.69) is 25.1 Å². The third-order valence-corrected chi connectivity index (χ3v) is 4.14. The van der Waals surface area contributed by atoms with Crippen LogP contribution in [0.25, 0.3) is 0 Å². The van der Waals surface area contributed by atoms with Gasteiger partial charge in [0.05, 0.1) is 0 Å². The molecule has 1 amide bonds. The van der Waals surface area contributed by atoms with Gasteiger partial charge in [0.1, 0.15) is 0 Å². The first kappa shape index (κ1) is 16.0. The highest BCUT2D eigenvalue weighted by molar-refractivity contribution is 5.99. The van der Waals surface area contributed by atoms with Crippen molar-refractivity contribution in [2.45, 2.75) is 59.4 Å². The number of aryl methyl sites for hydroxylation is 1. The van der Waals surface area contributed by atoms with Gasteiger partial charge in [-0.2, -0.15) is 0 Å². The van der Waals surface area contributed by atoms with Crippen LogP contribution in [0.4, 0.5) is 5.69 Å². The highest BCUT2D eigenvalue weighted by Crippen LogP contribution is 2.36. The quantitative estimate of drug-likeness (QED) is 0.864. The van der Waals surface area contributed by atoms with Crippen molar-refractivity contribution in [3.05, 3.63) is 29.3 Å². The van der Waals surface area contributed by atoms with E-state index in [1.807, 2.05) is 25.7 Å². The standard InChI is InChI=1S/C18H28N2O/c1-13-11-15-12-14(7-5-6-10-19)8-9-16(15)20(13)17(21)18(2,3)4/h8-9,12-13H,5-7,10-11,19H2,1-4H3. The van der Waals surface area contributed by atoms with E-state index in [1.54, 1.807) is 0 Å². The van der Waals surface area contributed by atoms with Crippen molar-refractivity contribution in [3.8, 4) is 0 Å². The van der Waals surface area contributed by atoms with Crippen molar-refractivity contribution in [2.75, 3.05) is 11.4 Å². The lowest BCUT2D eigenvalue weighted by Crippen LogP contribution is -2.42. The number of benzene rings is 1. The zero-order valence-electron chi connectivity index (χ0n) is 13.8. The Kier molecular flexibility index (Phi) is 4.72. The molecule has 1 atom stereocenters. The van der Waals surface area contributed by atoms with Gasteiger partial charge in [-0.1, -0.05) is 32.9 Å². The van der Waals surface area contributed by atoms with Gasteiger partial charge in [-0.3, -0.25) is 4.79 Å². The maximum Gasteiger partial charge on any atom is 0.232 e. The monoisotopic (exact) mass is 288 g/mol. The zero-order valence-corrected chi connectivity index (χ0v) is 13.8. The second-order valence-corrected chi connectivity index (χ2v) is 7.19. The van der Waals surface area contributed by atoms with Crippen LogP contribution in [0.15, 0.2) is 18.2 Å². The highest BCUT2D eigenvalue weighted by Gasteiger charge is 2.36. The highest BCUT2D eigenvalue weighted by atomic mass is 16.2. The molecule has 1 heterocycles. The van der Waals surface area contributed by atoms with Crippen LogP contribution in [0.2, 0.25) is 0 Å². The number of amides is 1. The van der Waals surface area contributed by atoms with Gasteiger partial charge in [0.25, 0.3) is 0 Å². The molecular weight excluding hydrogens is 260 g/mol. The molecule has 2 rings (SSSR count). The molecule has 1 aromatic carbocycles. The number of nitrogens with zero attached hydrogens (tertiary/aromatic N) is 1. The Labute approximate surface area is 128 Å². The molecule has 1 unspecified atom stereocenters. The predicted molar refractivity (Wildman–Crippen MR) is 88.5 cm³/mol. The number of nitrogens with two attached hydrogens (primary N) is 1. The Bertz CT molecular complexity index is 516. The van der Waals surface area contributed by atoms with Gasteiger partial charge in [0, 0.05) is 17.1 Å². The summed E-state index contributed by atoms with van der Waals surface area (Å²) in [7, 11) is 0. The van der Waals surface area contributed by atoms with E-state index in [1.165, 1.54) is 11.1 Å². The van der Waals surface area contributed by atoms with Gasteiger partial charge < -0.3 is 10.6 Å². The van der Waals surface area contributed by atoms with Crippen molar-refractivity contribution in [1.82, 2.24) is 0 Å². The molecule has 1 aliphatic rings. The fourth-order valence-electron chi connectivity index (χ4n) is 2.98. The molecule has 0 aliphatic carbocycles. The van der Waals surface area contributed by atoms with Crippen LogP contribution >= 0.6 is 0 Å². The van der Waals surface area contributed by atoms with E-state index in [0.29, 0.717) is 0 Å². The summed E-state index contributed by atoms with van der Waals surface area (Å²) < 4.78 is 0. The van der Waals surface area contributed by atoms with Crippen LogP contribution in [-0.4, -0.2) is 18.5 Å². The molecule has 0 spiro atoms. The van der Waals surface area contributed by atoms with Crippen molar-refractivity contribution in [3.63, 3.8) is 0 Å². The molecular formula is C18H28N2O. The molecule has 0 aromatic heterocycles. The van der Waals surface area contributed by atoms with Gasteiger partial charge in [-0.25, -0.2) is 0 Å². The minimum absolute atomic E-state index is 0.213. The topological polar surface area (TPSA) is 46.3 Å². The molecule has 116 valence electrons. The fraction of sp³-hybridized carbons (Fsp3) is 0.611. The lowest BCUT2D eigenvalue weighted by Gasteiger charge is -2.29. The Morgan fingerprint density at radius 2 is 2.05 bits per heavy atom. The molecule has 0 saturated carbocycles. The molecule has 0 bridgehead atoms. The Morgan fingerprint density at radius 3 is 2.67 bits per heavy atom. The summed E-state index contributed by atoms with van der Waals surface area (Å²) in [4.78, 5) is 14.6. The number of carbonyl (C=O) groups excluding carboxylic acids is 1. The van der Waals surface area contributed by atoms with E-state index in [9.17, 15) is 4.79 Å². The van der Waals surface area contributed by atoms with Gasteiger partial charge in [0.15, 0.2) is 0 Å². The molecule has 3 nitrogen and oxygen atoms in total. The second-order valence-electron chi connectivity index (χ2n) is 7.19. The number of anilines is 1. The number of hydrogen-bond donors (Lipinski definition) is 1. The van der Waals surface area contributed by atoms with Crippen LogP contribution in [0, 0.1) is 5.41 Å². The Hall–Kier alpha value is -1.35. The summed E-state index contributed by atoms with van der Waals surface area (Å²) in [6.07, 6.45) is 4.24. The molecule has 0 radical (unpaired) electrons. The minimum Gasteiger partial charge on any atom is -0.330 e. The summed E-state index contributed by atoms with van der Waals surface area (Å²) in [5.41, 5.74) is 8.98. The SMILES string of the molecule is CC1Cc2cc(CCCCN)ccc2N1C(=O)C(C)(C)C. The van der Waals surface area contributed by atoms with Crippen LogP contribution in [-0.2, 0) is 17.6 Å². The lowest BCUT2D eigenvalue weighted by atomic mass is 9.94. The largest absolute Gasteiger partial charge is 0.330 e. The van der Waals surface area contributed by atoms with Gasteiger partial charge >= 0.3 is 0 Å². The van der Waals surface area contributed by atoms with Gasteiger partial charge in [-0.15, -0.1) is 0 Å². The van der Waals surface area contributed by atoms with E-state index >= 15 is 0 Å². The molecule has 0 saturated heterocycles. The van der Waals surface area contributed by atoms with Gasteiger partial charge in [0.2, 0.25) is 5.91 Å². The van der Waals surface area contributed by atoms with Crippen molar-refractivity contribution in [1.29, 1.82) is 0 Å². The normalized spacial score (nSPS) is 18.0. The predicted octanol–water partition coefficient (Wildman–Crippen LogP) is 3.29. The van der Waals surface area contributed by atoms with E-state index in [0.717, 1.165) is 37.9 Å². The molecule has 0 fully saturated rings. The maximum atomic E-state index is 12.6. The van der Waals surface area contributed by atoms with Crippen LogP contribution < -0.4 is 10.6 Å².